The number of ether oxygens (including phenoxy) is 1. The zero-order chi connectivity index (χ0) is 25.4. The van der Waals surface area contributed by atoms with Crippen LogP contribution in [0, 0.1) is 5.92 Å². The molecule has 10 heteroatoms. The van der Waals surface area contributed by atoms with Crippen molar-refractivity contribution in [3.8, 4) is 0 Å². The lowest BCUT2D eigenvalue weighted by Gasteiger charge is -2.28. The highest BCUT2D eigenvalue weighted by molar-refractivity contribution is 7.44. The number of anilines is 1. The number of hydrogen-bond acceptors (Lipinski definition) is 7. The first-order valence-corrected chi connectivity index (χ1v) is 13.9. The van der Waals surface area contributed by atoms with Gasteiger partial charge in [0.25, 0.3) is 8.53 Å². The van der Waals surface area contributed by atoms with E-state index < -0.39 is 20.4 Å². The molecule has 1 aliphatic carbocycles. The predicted octanol–water partition coefficient (Wildman–Crippen LogP) is 4.56. The Hall–Kier alpha value is -2.16. The summed E-state index contributed by atoms with van der Waals surface area (Å²) in [6.45, 7) is 5.63. The van der Waals surface area contributed by atoms with Crippen LogP contribution >= 0.6 is 8.53 Å². The smallest absolute Gasteiger partial charge is 0.351 e. The summed E-state index contributed by atoms with van der Waals surface area (Å²) in [5.74, 6) is -0.138. The average molecular weight is 515 g/mol. The minimum absolute atomic E-state index is 0.158. The molecule has 36 heavy (non-hydrogen) atoms. The van der Waals surface area contributed by atoms with Gasteiger partial charge in [-0.15, -0.1) is 0 Å². The minimum atomic E-state index is -1.27. The second-order valence-electron chi connectivity index (χ2n) is 10.1. The lowest BCUT2D eigenvalue weighted by Crippen LogP contribution is -2.36. The van der Waals surface area contributed by atoms with Crippen molar-refractivity contribution in [2.75, 3.05) is 12.4 Å². The molecule has 2 aliphatic heterocycles. The number of nitrogens with zero attached hydrogens (tertiary/aromatic N) is 3. The number of fused-ring (bicyclic) bond motifs is 1. The maximum atomic E-state index is 12.8. The molecule has 5 rings (SSSR count). The molecule has 6 atom stereocenters. The van der Waals surface area contributed by atoms with E-state index in [1.165, 1.54) is 10.1 Å². The molecule has 9 nitrogen and oxygen atoms in total. The van der Waals surface area contributed by atoms with Gasteiger partial charge in [-0.2, -0.15) is 4.98 Å². The Morgan fingerprint density at radius 2 is 2.08 bits per heavy atom. The zero-order valence-electron chi connectivity index (χ0n) is 21.3. The van der Waals surface area contributed by atoms with Crippen LogP contribution in [0.15, 0.2) is 47.4 Å². The van der Waals surface area contributed by atoms with Gasteiger partial charge in [0.05, 0.1) is 18.2 Å². The van der Waals surface area contributed by atoms with Crippen molar-refractivity contribution in [3.05, 3.63) is 58.6 Å². The van der Waals surface area contributed by atoms with E-state index in [1.54, 1.807) is 26.1 Å². The van der Waals surface area contributed by atoms with Crippen LogP contribution in [0.1, 0.15) is 64.7 Å². The van der Waals surface area contributed by atoms with E-state index in [2.05, 4.69) is 53.2 Å². The molecule has 0 bridgehead atoms. The number of hydrogen-bond donors (Lipinski definition) is 1. The van der Waals surface area contributed by atoms with E-state index in [-0.39, 0.29) is 41.5 Å². The summed E-state index contributed by atoms with van der Waals surface area (Å²) in [5.41, 5.74) is 0.414. The first-order valence-electron chi connectivity index (χ1n) is 12.8. The van der Waals surface area contributed by atoms with Crippen molar-refractivity contribution in [2.45, 2.75) is 83.0 Å². The third-order valence-corrected chi connectivity index (χ3v) is 9.23. The standard InChI is InChI=1S/C26H35N4O5P/c1-5-19-20(16-23(33-19)30-15-13-22(28-25(30)32)27-24(31)17(2)3)34-36-29(4)21-12-9-14-26(21,35-36)18-10-7-6-8-11-18/h6-8,10-11,13,15,17,19-21,23H,5,9,12,14,16H2,1-4H3,(H,27,28,31,32)/t19-,20?,21+,23-,26+,36?/m1/s1. The maximum Gasteiger partial charge on any atom is 0.351 e. The van der Waals surface area contributed by atoms with E-state index in [0.717, 1.165) is 25.7 Å². The summed E-state index contributed by atoms with van der Waals surface area (Å²) >= 11 is 0. The fourth-order valence-electron chi connectivity index (χ4n) is 5.51. The fraction of sp³-hybridized carbons (Fsp3) is 0.577. The second kappa shape index (κ2) is 10.3. The van der Waals surface area contributed by atoms with E-state index >= 15 is 0 Å². The third-order valence-electron chi connectivity index (χ3n) is 7.50. The topological polar surface area (TPSA) is 94.9 Å². The second-order valence-corrected chi connectivity index (χ2v) is 11.6. The Morgan fingerprint density at radius 3 is 2.78 bits per heavy atom. The molecule has 0 spiro atoms. The summed E-state index contributed by atoms with van der Waals surface area (Å²) in [4.78, 5) is 28.7. The molecular formula is C26H35N4O5P. The van der Waals surface area contributed by atoms with Crippen LogP contribution in [-0.2, 0) is 24.2 Å². The van der Waals surface area contributed by atoms with E-state index in [9.17, 15) is 9.59 Å². The van der Waals surface area contributed by atoms with Gasteiger partial charge in [-0.05, 0) is 44.4 Å². The first kappa shape index (κ1) is 25.5. The molecule has 3 fully saturated rings. The van der Waals surface area contributed by atoms with E-state index in [1.807, 2.05) is 6.07 Å². The van der Waals surface area contributed by atoms with Crippen molar-refractivity contribution in [1.82, 2.24) is 14.2 Å². The zero-order valence-corrected chi connectivity index (χ0v) is 22.2. The van der Waals surface area contributed by atoms with Gasteiger partial charge in [-0.1, -0.05) is 51.1 Å². The average Bonchev–Trinajstić information content (AvgIpc) is 3.54. The molecule has 1 aromatic heterocycles. The molecule has 2 unspecified atom stereocenters. The van der Waals surface area contributed by atoms with Crippen LogP contribution in [0.5, 0.6) is 0 Å². The number of nitrogens with one attached hydrogen (secondary N) is 1. The molecule has 1 amide bonds. The Labute approximate surface area is 213 Å². The highest BCUT2D eigenvalue weighted by atomic mass is 31.2. The Bertz CT molecular complexity index is 1140. The summed E-state index contributed by atoms with van der Waals surface area (Å²) in [6.07, 6.45) is 5.25. The number of benzene rings is 1. The molecule has 2 aromatic rings. The highest BCUT2D eigenvalue weighted by Gasteiger charge is 2.58. The van der Waals surface area contributed by atoms with Crippen molar-refractivity contribution in [2.24, 2.45) is 5.92 Å². The Kier molecular flexibility index (Phi) is 7.30. The number of carbonyl (C=O) groups excluding carboxylic acids is 1. The van der Waals surface area contributed by atoms with Gasteiger partial charge < -0.3 is 19.1 Å². The number of amides is 1. The van der Waals surface area contributed by atoms with Crippen LogP contribution in [0.4, 0.5) is 5.82 Å². The van der Waals surface area contributed by atoms with Gasteiger partial charge in [0.2, 0.25) is 5.91 Å². The van der Waals surface area contributed by atoms with Gasteiger partial charge >= 0.3 is 5.69 Å². The molecular weight excluding hydrogens is 479 g/mol. The number of likely N-dealkylation sites (N-methyl/N-ethyl adjacent to an activating group) is 1. The Morgan fingerprint density at radius 1 is 1.31 bits per heavy atom. The predicted molar refractivity (Wildman–Crippen MR) is 137 cm³/mol. The number of carbonyl (C=O) groups is 1. The van der Waals surface area contributed by atoms with Crippen molar-refractivity contribution in [3.63, 3.8) is 0 Å². The van der Waals surface area contributed by atoms with Gasteiger partial charge in [0.1, 0.15) is 17.6 Å². The quantitative estimate of drug-likeness (QED) is 0.542. The SMILES string of the molecule is CC[C@H]1O[C@@H](n2ccc(NC(=O)C(C)C)nc2=O)CC1OP1O[C@]2(c3ccccc3)CCC[C@@H]2N1C. The minimum Gasteiger partial charge on any atom is -0.352 e. The monoisotopic (exact) mass is 514 g/mol. The Balaban J connectivity index is 1.30. The van der Waals surface area contributed by atoms with Crippen molar-refractivity contribution >= 4 is 20.3 Å². The van der Waals surface area contributed by atoms with Crippen LogP contribution in [0.3, 0.4) is 0 Å². The normalized spacial score (nSPS) is 32.2. The maximum absolute atomic E-state index is 12.8. The molecule has 1 saturated carbocycles. The molecule has 3 aliphatic rings. The first-order chi connectivity index (χ1) is 17.3. The summed E-state index contributed by atoms with van der Waals surface area (Å²) < 4.78 is 23.4. The van der Waals surface area contributed by atoms with Gasteiger partial charge in [0.15, 0.2) is 0 Å². The molecule has 2 saturated heterocycles. The lowest BCUT2D eigenvalue weighted by atomic mass is 9.89. The third kappa shape index (κ3) is 4.63. The van der Waals surface area contributed by atoms with Crippen molar-refractivity contribution in [1.29, 1.82) is 0 Å². The molecule has 194 valence electrons. The van der Waals surface area contributed by atoms with E-state index in [0.29, 0.717) is 6.42 Å². The highest BCUT2D eigenvalue weighted by Crippen LogP contribution is 2.65. The van der Waals surface area contributed by atoms with Crippen LogP contribution in [0.2, 0.25) is 0 Å². The summed E-state index contributed by atoms with van der Waals surface area (Å²) in [5, 5.41) is 2.67. The molecule has 0 radical (unpaired) electrons. The van der Waals surface area contributed by atoms with Crippen LogP contribution in [-0.4, -0.2) is 45.4 Å². The van der Waals surface area contributed by atoms with E-state index in [4.69, 9.17) is 13.8 Å². The van der Waals surface area contributed by atoms with Crippen molar-refractivity contribution < 1.29 is 18.6 Å². The molecule has 3 heterocycles. The lowest BCUT2D eigenvalue weighted by molar-refractivity contribution is -0.118. The summed E-state index contributed by atoms with van der Waals surface area (Å²) in [6, 6.07) is 12.4. The van der Waals surface area contributed by atoms with Gasteiger partial charge in [-0.3, -0.25) is 9.36 Å². The molecule has 1 N–H and O–H groups in total. The molecule has 1 aromatic carbocycles. The number of rotatable bonds is 7. The van der Waals surface area contributed by atoms with Gasteiger partial charge in [-0.25, -0.2) is 9.46 Å². The largest absolute Gasteiger partial charge is 0.352 e. The number of aromatic nitrogens is 2. The van der Waals surface area contributed by atoms with Crippen LogP contribution < -0.4 is 11.0 Å². The van der Waals surface area contributed by atoms with Crippen LogP contribution in [0.25, 0.3) is 0 Å². The fourth-order valence-corrected chi connectivity index (χ4v) is 7.41. The summed E-state index contributed by atoms with van der Waals surface area (Å²) in [7, 11) is 0.827. The van der Waals surface area contributed by atoms with Gasteiger partial charge in [0, 0.05) is 18.5 Å².